The van der Waals surface area contributed by atoms with Gasteiger partial charge in [-0.1, -0.05) is 19.1 Å². The summed E-state index contributed by atoms with van der Waals surface area (Å²) in [7, 11) is 1.69. The Balaban J connectivity index is 2.10. The molecule has 0 fully saturated rings. The lowest BCUT2D eigenvalue weighted by molar-refractivity contribution is 0.420. The van der Waals surface area contributed by atoms with Crippen molar-refractivity contribution in [3.05, 3.63) is 30.5 Å². The van der Waals surface area contributed by atoms with Crippen LogP contribution in [-0.4, -0.2) is 31.7 Å². The molecule has 0 saturated carbocycles. The quantitative estimate of drug-likeness (QED) is 0.750. The minimum atomic E-state index is 0.864. The van der Waals surface area contributed by atoms with E-state index in [4.69, 9.17) is 4.74 Å². The minimum Gasteiger partial charge on any atom is -0.496 e. The van der Waals surface area contributed by atoms with Crippen LogP contribution in [0.5, 0.6) is 5.75 Å². The van der Waals surface area contributed by atoms with Crippen molar-refractivity contribution < 1.29 is 4.74 Å². The molecule has 0 radical (unpaired) electrons. The van der Waals surface area contributed by atoms with Crippen molar-refractivity contribution >= 4 is 16.6 Å². The molecule has 0 aliphatic rings. The van der Waals surface area contributed by atoms with E-state index in [0.29, 0.717) is 0 Å². The Morgan fingerprint density at radius 3 is 2.79 bits per heavy atom. The molecule has 4 nitrogen and oxygen atoms in total. The van der Waals surface area contributed by atoms with Gasteiger partial charge in [-0.2, -0.15) is 0 Å². The molecule has 2 rings (SSSR count). The van der Waals surface area contributed by atoms with E-state index in [2.05, 4.69) is 28.6 Å². The fraction of sp³-hybridized carbons (Fsp3) is 0.400. The molecule has 1 aromatic carbocycles. The van der Waals surface area contributed by atoms with Crippen LogP contribution in [0, 0.1) is 0 Å². The van der Waals surface area contributed by atoms with Gasteiger partial charge in [-0.25, -0.2) is 4.98 Å². The van der Waals surface area contributed by atoms with Gasteiger partial charge in [0.1, 0.15) is 11.6 Å². The molecule has 0 amide bonds. The van der Waals surface area contributed by atoms with Gasteiger partial charge < -0.3 is 15.4 Å². The van der Waals surface area contributed by atoms with E-state index in [1.165, 1.54) is 0 Å². The van der Waals surface area contributed by atoms with E-state index < -0.39 is 0 Å². The molecule has 19 heavy (non-hydrogen) atoms. The number of nitrogens with zero attached hydrogens (tertiary/aromatic N) is 1. The molecule has 0 saturated heterocycles. The molecule has 0 aliphatic heterocycles. The van der Waals surface area contributed by atoms with Crippen LogP contribution in [-0.2, 0) is 0 Å². The summed E-state index contributed by atoms with van der Waals surface area (Å²) in [5.41, 5.74) is 0. The highest BCUT2D eigenvalue weighted by atomic mass is 16.5. The molecule has 0 aliphatic carbocycles. The molecule has 1 heterocycles. The summed E-state index contributed by atoms with van der Waals surface area (Å²) in [5, 5.41) is 8.91. The zero-order chi connectivity index (χ0) is 13.5. The topological polar surface area (TPSA) is 46.2 Å². The second-order valence-corrected chi connectivity index (χ2v) is 4.39. The predicted molar refractivity (Wildman–Crippen MR) is 79.9 cm³/mol. The van der Waals surface area contributed by atoms with E-state index in [1.54, 1.807) is 7.11 Å². The number of aromatic nitrogens is 1. The van der Waals surface area contributed by atoms with Crippen LogP contribution in [0.25, 0.3) is 10.8 Å². The average Bonchev–Trinajstić information content (AvgIpc) is 2.46. The number of anilines is 1. The van der Waals surface area contributed by atoms with Gasteiger partial charge in [-0.15, -0.1) is 0 Å². The van der Waals surface area contributed by atoms with E-state index in [9.17, 15) is 0 Å². The Bertz CT molecular complexity index is 528. The van der Waals surface area contributed by atoms with Crippen LogP contribution in [0.1, 0.15) is 13.3 Å². The molecule has 0 spiro atoms. The molecule has 2 aromatic rings. The van der Waals surface area contributed by atoms with Gasteiger partial charge in [0.15, 0.2) is 0 Å². The third-order valence-corrected chi connectivity index (χ3v) is 3.01. The first-order chi connectivity index (χ1) is 9.36. The highest BCUT2D eigenvalue weighted by Crippen LogP contribution is 2.28. The molecule has 0 unspecified atom stereocenters. The second kappa shape index (κ2) is 6.95. The Hall–Kier alpha value is -1.81. The second-order valence-electron chi connectivity index (χ2n) is 4.39. The van der Waals surface area contributed by atoms with E-state index in [1.807, 2.05) is 24.4 Å². The monoisotopic (exact) mass is 259 g/mol. The number of benzene rings is 1. The molecular weight excluding hydrogens is 238 g/mol. The van der Waals surface area contributed by atoms with Crippen molar-refractivity contribution in [1.29, 1.82) is 0 Å². The lowest BCUT2D eigenvalue weighted by atomic mass is 10.1. The first-order valence-electron chi connectivity index (χ1n) is 6.73. The smallest absolute Gasteiger partial charge is 0.133 e. The molecule has 0 atom stereocenters. The van der Waals surface area contributed by atoms with Gasteiger partial charge in [0.2, 0.25) is 0 Å². The van der Waals surface area contributed by atoms with Crippen molar-refractivity contribution in [2.75, 3.05) is 32.1 Å². The molecule has 2 N–H and O–H groups in total. The Kier molecular flexibility index (Phi) is 4.98. The predicted octanol–water partition coefficient (Wildman–Crippen LogP) is 2.65. The van der Waals surface area contributed by atoms with Crippen molar-refractivity contribution in [3.8, 4) is 5.75 Å². The largest absolute Gasteiger partial charge is 0.496 e. The third-order valence-electron chi connectivity index (χ3n) is 3.01. The zero-order valence-corrected chi connectivity index (χ0v) is 11.6. The average molecular weight is 259 g/mol. The normalized spacial score (nSPS) is 10.6. The Morgan fingerprint density at radius 2 is 2.00 bits per heavy atom. The lowest BCUT2D eigenvalue weighted by Crippen LogP contribution is -2.23. The molecular formula is C15H21N3O. The zero-order valence-electron chi connectivity index (χ0n) is 11.6. The summed E-state index contributed by atoms with van der Waals surface area (Å²) in [4.78, 5) is 4.41. The van der Waals surface area contributed by atoms with Crippen LogP contribution in [0.15, 0.2) is 30.5 Å². The maximum Gasteiger partial charge on any atom is 0.133 e. The first-order valence-corrected chi connectivity index (χ1v) is 6.73. The van der Waals surface area contributed by atoms with Crippen LogP contribution in [0.2, 0.25) is 0 Å². The van der Waals surface area contributed by atoms with Crippen molar-refractivity contribution in [1.82, 2.24) is 10.3 Å². The Morgan fingerprint density at radius 1 is 1.11 bits per heavy atom. The maximum atomic E-state index is 5.37. The number of hydrogen-bond donors (Lipinski definition) is 2. The number of nitrogens with one attached hydrogen (secondary N) is 2. The van der Waals surface area contributed by atoms with Gasteiger partial charge in [0.05, 0.1) is 7.11 Å². The summed E-state index contributed by atoms with van der Waals surface area (Å²) in [6.45, 7) is 5.02. The molecule has 1 aromatic heterocycles. The van der Waals surface area contributed by atoms with Crippen molar-refractivity contribution in [3.63, 3.8) is 0 Å². The van der Waals surface area contributed by atoms with E-state index in [0.717, 1.165) is 48.4 Å². The first kappa shape index (κ1) is 13.6. The summed E-state index contributed by atoms with van der Waals surface area (Å²) in [6, 6.07) is 8.00. The number of ether oxygens (including phenoxy) is 1. The van der Waals surface area contributed by atoms with Gasteiger partial charge >= 0.3 is 0 Å². The summed E-state index contributed by atoms with van der Waals surface area (Å²) < 4.78 is 5.37. The van der Waals surface area contributed by atoms with Crippen molar-refractivity contribution in [2.45, 2.75) is 13.3 Å². The molecule has 102 valence electrons. The van der Waals surface area contributed by atoms with Crippen molar-refractivity contribution in [2.24, 2.45) is 0 Å². The highest BCUT2D eigenvalue weighted by molar-refractivity contribution is 5.95. The number of pyridine rings is 1. The van der Waals surface area contributed by atoms with E-state index >= 15 is 0 Å². The SMILES string of the molecule is CCCNCCNc1nccc2c(OC)cccc12. The number of rotatable bonds is 7. The molecule has 0 bridgehead atoms. The van der Waals surface area contributed by atoms with Gasteiger partial charge in [-0.05, 0) is 25.1 Å². The Labute approximate surface area is 114 Å². The highest BCUT2D eigenvalue weighted by Gasteiger charge is 2.05. The standard InChI is InChI=1S/C15H21N3O/c1-3-8-16-10-11-18-15-13-5-4-6-14(19-2)12(13)7-9-17-15/h4-7,9,16H,3,8,10-11H2,1-2H3,(H,17,18). The minimum absolute atomic E-state index is 0.864. The van der Waals surface area contributed by atoms with Gasteiger partial charge in [0.25, 0.3) is 0 Å². The van der Waals surface area contributed by atoms with Crippen LogP contribution >= 0.6 is 0 Å². The number of hydrogen-bond acceptors (Lipinski definition) is 4. The van der Waals surface area contributed by atoms with Crippen LogP contribution in [0.4, 0.5) is 5.82 Å². The molecule has 4 heteroatoms. The summed E-state index contributed by atoms with van der Waals surface area (Å²) in [6.07, 6.45) is 2.97. The number of fused-ring (bicyclic) bond motifs is 1. The van der Waals surface area contributed by atoms with Gasteiger partial charge in [-0.3, -0.25) is 0 Å². The summed E-state index contributed by atoms with van der Waals surface area (Å²) >= 11 is 0. The van der Waals surface area contributed by atoms with Crippen LogP contribution < -0.4 is 15.4 Å². The third kappa shape index (κ3) is 3.35. The van der Waals surface area contributed by atoms with Crippen LogP contribution in [0.3, 0.4) is 0 Å². The van der Waals surface area contributed by atoms with Gasteiger partial charge in [0, 0.05) is 30.1 Å². The fourth-order valence-corrected chi connectivity index (χ4v) is 2.07. The summed E-state index contributed by atoms with van der Waals surface area (Å²) in [5.74, 6) is 1.79. The fourth-order valence-electron chi connectivity index (χ4n) is 2.07. The van der Waals surface area contributed by atoms with E-state index in [-0.39, 0.29) is 0 Å². The lowest BCUT2D eigenvalue weighted by Gasteiger charge is -2.11. The maximum absolute atomic E-state index is 5.37. The number of methoxy groups -OCH3 is 1.